The van der Waals surface area contributed by atoms with Crippen molar-refractivity contribution in [3.8, 4) is 134 Å². The number of hydrogen-bond acceptors (Lipinski definition) is 0. The monoisotopic (exact) mass is 1770 g/mol. The Bertz CT molecular complexity index is 9580. The molecule has 0 nitrogen and oxygen atoms in total. The summed E-state index contributed by atoms with van der Waals surface area (Å²) in [5.41, 5.74) is 33.0. The highest BCUT2D eigenvalue weighted by atomic mass is 14.3. The van der Waals surface area contributed by atoms with Crippen molar-refractivity contribution in [3.05, 3.63) is 533 Å². The number of hydrogen-bond donors (Lipinski definition) is 0. The molecule has 650 valence electrons. The second kappa shape index (κ2) is 34.1. The van der Waals surface area contributed by atoms with Gasteiger partial charge in [-0.1, -0.05) is 510 Å². The van der Waals surface area contributed by atoms with Crippen LogP contribution in [0.25, 0.3) is 274 Å². The van der Waals surface area contributed by atoms with E-state index in [0.717, 1.165) is 12.8 Å². The minimum absolute atomic E-state index is 0.998. The van der Waals surface area contributed by atoms with Crippen molar-refractivity contribution in [2.24, 2.45) is 0 Å². The van der Waals surface area contributed by atoms with E-state index in [1.165, 1.54) is 285 Å². The predicted molar refractivity (Wildman–Crippen MR) is 602 cm³/mol. The number of allylic oxidation sites excluding steroid dienone is 2. The molecule has 0 saturated heterocycles. The van der Waals surface area contributed by atoms with Crippen LogP contribution in [0.2, 0.25) is 0 Å². The molecule has 0 heterocycles. The maximum Gasteiger partial charge on any atom is -0.00206 e. The molecule has 0 N–H and O–H groups in total. The van der Waals surface area contributed by atoms with Crippen LogP contribution >= 0.6 is 0 Å². The van der Waals surface area contributed by atoms with Crippen molar-refractivity contribution in [2.45, 2.75) is 12.8 Å². The Hall–Kier alpha value is -17.9. The van der Waals surface area contributed by atoms with E-state index >= 15 is 0 Å². The van der Waals surface area contributed by atoms with Crippen LogP contribution in [0.5, 0.6) is 0 Å². The molecule has 0 saturated carbocycles. The summed E-state index contributed by atoms with van der Waals surface area (Å²) >= 11 is 0. The minimum Gasteiger partial charge on any atom is -0.0838 e. The van der Waals surface area contributed by atoms with Gasteiger partial charge in [-0.25, -0.2) is 0 Å². The lowest BCUT2D eigenvalue weighted by molar-refractivity contribution is 1.11. The van der Waals surface area contributed by atoms with Gasteiger partial charge in [-0.3, -0.25) is 0 Å². The molecule has 0 spiro atoms. The molecule has 28 aromatic carbocycles. The molecule has 0 atom stereocenters. The van der Waals surface area contributed by atoms with Gasteiger partial charge in [-0.2, -0.15) is 0 Å². The standard InChI is InChI=1S/C48H30.C48H32.C44H28/c1-3-10-43-40(6-1)30-41-7-2-4-11-44(41)47(43)38-22-18-34(19-23-38)32-14-12-31(13-15-32)33-16-20-35(21-17-33)42-28-26-39-25-24-36-8-5-9-37-27-29-45(42)48(39)46(36)37;1-2-9-41-40(6-1)30-46(44-11-4-3-10-43(41)44)36-22-18-34(19-23-36)32-14-12-31(13-15-32)33-16-20-35(21-17-33)42-28-26-39-25-24-37-7-5-8-38-27-29-45(42)48(39)47(37)38;1-2-9-39-33(5-1)6-4-10-40(39)34-19-15-31(16-20-34)29-11-13-30(14-12-29)32-17-21-35(22-18-32)41-27-25-38-24-23-36-7-3-8-37-26-28-42(41)44(38)43(36)37/h1-30H;1-9,12-30H,10-11H2;1-28H. The predicted octanol–water partition coefficient (Wildman–Crippen LogP) is 39.0. The molecular weight excluding hydrogens is 1680 g/mol. The second-order valence-electron chi connectivity index (χ2n) is 37.8. The Morgan fingerprint density at radius 1 is 0.107 bits per heavy atom. The molecule has 0 aromatic heterocycles. The molecule has 0 unspecified atom stereocenters. The maximum absolute atomic E-state index is 2.38. The smallest absolute Gasteiger partial charge is 0.00206 e. The Morgan fingerprint density at radius 3 is 0.650 bits per heavy atom. The highest BCUT2D eigenvalue weighted by Gasteiger charge is 2.22. The highest BCUT2D eigenvalue weighted by Crippen LogP contribution is 2.48. The molecule has 1 aliphatic carbocycles. The van der Waals surface area contributed by atoms with Gasteiger partial charge < -0.3 is 0 Å². The molecule has 0 radical (unpaired) electrons. The average Bonchev–Trinajstić information content (AvgIpc) is 0.758. The van der Waals surface area contributed by atoms with E-state index in [2.05, 4.69) is 522 Å². The zero-order valence-corrected chi connectivity index (χ0v) is 77.1. The molecule has 140 heavy (non-hydrogen) atoms. The van der Waals surface area contributed by atoms with Gasteiger partial charge in [0.2, 0.25) is 0 Å². The lowest BCUT2D eigenvalue weighted by Gasteiger charge is -2.19. The van der Waals surface area contributed by atoms with E-state index in [1.807, 2.05) is 0 Å². The first-order valence-electron chi connectivity index (χ1n) is 48.9. The zero-order chi connectivity index (χ0) is 92.2. The second-order valence-corrected chi connectivity index (χ2v) is 37.8. The summed E-state index contributed by atoms with van der Waals surface area (Å²) in [5.74, 6) is 0. The molecule has 0 amide bonds. The molecule has 29 rings (SSSR count). The fourth-order valence-corrected chi connectivity index (χ4v) is 23.0. The van der Waals surface area contributed by atoms with Gasteiger partial charge >= 0.3 is 0 Å². The summed E-state index contributed by atoms with van der Waals surface area (Å²) in [6.07, 6.45) is 6.64. The SMILES string of the molecule is C1=CCc2c(c(-c3ccc(-c4ccc(-c5ccc(-c6ccc7ccc8cccc9ccc6c7c89)cc5)cc4)cc3)cc3ccccc23)C1.c1ccc2c(-c3ccc(-c4ccc(-c5ccc(-c6ccc7ccc8cccc9ccc6c7c89)cc5)cc4)cc3)c3ccccc3cc2c1.c1ccc2c(-c3ccc(-c4ccc(-c5ccc(-c6ccc7ccc8cccc9ccc6c7c89)cc5)cc4)cc3)cccc2c1. The van der Waals surface area contributed by atoms with Crippen molar-refractivity contribution >= 4 is 140 Å². The van der Waals surface area contributed by atoms with Crippen LogP contribution in [0.15, 0.2) is 522 Å². The number of rotatable bonds is 12. The molecule has 0 bridgehead atoms. The Labute approximate surface area is 813 Å². The van der Waals surface area contributed by atoms with Gasteiger partial charge in [-0.05, 0) is 310 Å². The van der Waals surface area contributed by atoms with E-state index < -0.39 is 0 Å². The maximum atomic E-state index is 2.38. The third kappa shape index (κ3) is 14.4. The van der Waals surface area contributed by atoms with Crippen molar-refractivity contribution in [3.63, 3.8) is 0 Å². The summed E-state index contributed by atoms with van der Waals surface area (Å²) in [6, 6.07) is 188. The summed E-state index contributed by atoms with van der Waals surface area (Å²) in [4.78, 5) is 0. The Morgan fingerprint density at radius 2 is 0.321 bits per heavy atom. The van der Waals surface area contributed by atoms with Crippen LogP contribution < -0.4 is 0 Å². The first-order valence-corrected chi connectivity index (χ1v) is 48.9. The molecule has 0 aliphatic heterocycles. The normalized spacial score (nSPS) is 12.1. The summed E-state index contributed by atoms with van der Waals surface area (Å²) < 4.78 is 0. The lowest BCUT2D eigenvalue weighted by atomic mass is 9.85. The largest absolute Gasteiger partial charge is 0.0838 e. The highest BCUT2D eigenvalue weighted by molar-refractivity contribution is 6.29. The van der Waals surface area contributed by atoms with Crippen molar-refractivity contribution in [1.82, 2.24) is 0 Å². The van der Waals surface area contributed by atoms with Crippen LogP contribution in [0.4, 0.5) is 0 Å². The van der Waals surface area contributed by atoms with Crippen LogP contribution in [-0.4, -0.2) is 0 Å². The summed E-state index contributed by atoms with van der Waals surface area (Å²) in [7, 11) is 0. The van der Waals surface area contributed by atoms with Crippen molar-refractivity contribution < 1.29 is 0 Å². The van der Waals surface area contributed by atoms with E-state index in [1.54, 1.807) is 0 Å². The fraction of sp³-hybridized carbons (Fsp3) is 0.0143. The van der Waals surface area contributed by atoms with Gasteiger partial charge in [0.05, 0.1) is 0 Å². The van der Waals surface area contributed by atoms with Gasteiger partial charge in [0, 0.05) is 0 Å². The van der Waals surface area contributed by atoms with Gasteiger partial charge in [0.1, 0.15) is 0 Å². The molecule has 0 heteroatoms. The summed E-state index contributed by atoms with van der Waals surface area (Å²) in [5, 5.41) is 34.2. The van der Waals surface area contributed by atoms with E-state index in [0.29, 0.717) is 0 Å². The molecule has 1 aliphatic rings. The minimum atomic E-state index is 0.998. The zero-order valence-electron chi connectivity index (χ0n) is 77.1. The van der Waals surface area contributed by atoms with Crippen LogP contribution in [-0.2, 0) is 12.8 Å². The number of fused-ring (bicyclic) bond motifs is 6. The van der Waals surface area contributed by atoms with Gasteiger partial charge in [-0.15, -0.1) is 0 Å². The summed E-state index contributed by atoms with van der Waals surface area (Å²) in [6.45, 7) is 0. The molecule has 0 fully saturated rings. The van der Waals surface area contributed by atoms with Gasteiger partial charge in [0.15, 0.2) is 0 Å². The van der Waals surface area contributed by atoms with E-state index in [4.69, 9.17) is 0 Å². The quantitative estimate of drug-likeness (QED) is 0.0650. The van der Waals surface area contributed by atoms with Crippen molar-refractivity contribution in [1.29, 1.82) is 0 Å². The third-order valence-electron chi connectivity index (χ3n) is 30.0. The third-order valence-corrected chi connectivity index (χ3v) is 30.0. The Kier molecular flexibility index (Phi) is 19.9. The number of benzene rings is 28. The average molecular weight is 1770 g/mol. The topological polar surface area (TPSA) is 0 Å². The van der Waals surface area contributed by atoms with E-state index in [-0.39, 0.29) is 0 Å². The lowest BCUT2D eigenvalue weighted by Crippen LogP contribution is -2.01. The molecule has 28 aromatic rings. The Balaban J connectivity index is 0.000000106. The van der Waals surface area contributed by atoms with Crippen molar-refractivity contribution in [2.75, 3.05) is 0 Å². The first kappa shape index (κ1) is 81.6. The van der Waals surface area contributed by atoms with Crippen LogP contribution in [0, 0.1) is 0 Å². The van der Waals surface area contributed by atoms with Gasteiger partial charge in [0.25, 0.3) is 0 Å². The fourth-order valence-electron chi connectivity index (χ4n) is 23.0. The molecular formula is C140H90. The van der Waals surface area contributed by atoms with Crippen LogP contribution in [0.1, 0.15) is 11.1 Å². The first-order chi connectivity index (χ1) is 69.4. The van der Waals surface area contributed by atoms with Crippen LogP contribution in [0.3, 0.4) is 0 Å². The van der Waals surface area contributed by atoms with E-state index in [9.17, 15) is 0 Å².